The van der Waals surface area contributed by atoms with Gasteiger partial charge in [0.1, 0.15) is 0 Å². The Kier molecular flexibility index (Phi) is 5.22. The van der Waals surface area contributed by atoms with E-state index in [1.165, 1.54) is 7.11 Å². The summed E-state index contributed by atoms with van der Waals surface area (Å²) < 4.78 is 10.6. The molecule has 0 aliphatic carbocycles. The van der Waals surface area contributed by atoms with Gasteiger partial charge in [-0.05, 0) is 41.5 Å². The number of aromatic hydroxyl groups is 1. The lowest BCUT2D eigenvalue weighted by atomic mass is 9.98. The molecule has 0 amide bonds. The lowest BCUT2D eigenvalue weighted by molar-refractivity contribution is -0.114. The third kappa shape index (κ3) is 3.92. The van der Waals surface area contributed by atoms with Crippen LogP contribution in [0.5, 0.6) is 11.5 Å². The minimum atomic E-state index is -0.0820. The summed E-state index contributed by atoms with van der Waals surface area (Å²) >= 11 is 6.15. The second-order valence-corrected chi connectivity index (χ2v) is 6.02. The Labute approximate surface area is 151 Å². The van der Waals surface area contributed by atoms with E-state index in [4.69, 9.17) is 21.1 Å². The molecule has 0 aromatic heterocycles. The van der Waals surface area contributed by atoms with Crippen LogP contribution in [0.1, 0.15) is 11.1 Å². The SMILES string of the molecule is COc1ccc(/C=C2\COC/C(=C\c3ccccc3Cl)C2=O)cc1O. The van der Waals surface area contributed by atoms with Crippen molar-refractivity contribution in [2.24, 2.45) is 0 Å². The Morgan fingerprint density at radius 2 is 1.84 bits per heavy atom. The summed E-state index contributed by atoms with van der Waals surface area (Å²) in [4.78, 5) is 12.7. The minimum Gasteiger partial charge on any atom is -0.504 e. The van der Waals surface area contributed by atoms with Gasteiger partial charge in [-0.3, -0.25) is 4.79 Å². The van der Waals surface area contributed by atoms with E-state index < -0.39 is 0 Å². The predicted molar refractivity (Wildman–Crippen MR) is 97.9 cm³/mol. The number of hydrogen-bond acceptors (Lipinski definition) is 4. The fraction of sp³-hybridized carbons (Fsp3) is 0.150. The number of methoxy groups -OCH3 is 1. The Morgan fingerprint density at radius 1 is 1.12 bits per heavy atom. The molecule has 128 valence electrons. The van der Waals surface area contributed by atoms with Gasteiger partial charge in [0.05, 0.1) is 20.3 Å². The molecule has 0 spiro atoms. The van der Waals surface area contributed by atoms with Gasteiger partial charge in [-0.25, -0.2) is 0 Å². The fourth-order valence-electron chi connectivity index (χ4n) is 2.60. The molecule has 1 fully saturated rings. The Hall–Kier alpha value is -2.56. The highest BCUT2D eigenvalue weighted by atomic mass is 35.5. The second-order valence-electron chi connectivity index (χ2n) is 5.61. The van der Waals surface area contributed by atoms with E-state index in [0.29, 0.717) is 27.5 Å². The smallest absolute Gasteiger partial charge is 0.189 e. The Bertz CT molecular complexity index is 868. The zero-order valence-corrected chi connectivity index (χ0v) is 14.4. The highest BCUT2D eigenvalue weighted by Crippen LogP contribution is 2.28. The summed E-state index contributed by atoms with van der Waals surface area (Å²) in [5.41, 5.74) is 2.54. The lowest BCUT2D eigenvalue weighted by Crippen LogP contribution is -2.21. The lowest BCUT2D eigenvalue weighted by Gasteiger charge is -2.17. The van der Waals surface area contributed by atoms with E-state index in [2.05, 4.69) is 0 Å². The summed E-state index contributed by atoms with van der Waals surface area (Å²) in [6.07, 6.45) is 3.46. The van der Waals surface area contributed by atoms with Gasteiger partial charge in [0.15, 0.2) is 17.3 Å². The van der Waals surface area contributed by atoms with Crippen molar-refractivity contribution in [1.82, 2.24) is 0 Å². The normalized spacial score (nSPS) is 17.9. The first-order valence-electron chi connectivity index (χ1n) is 7.73. The highest BCUT2D eigenvalue weighted by Gasteiger charge is 2.21. The first-order valence-corrected chi connectivity index (χ1v) is 8.11. The Balaban J connectivity index is 1.90. The van der Waals surface area contributed by atoms with Crippen LogP contribution in [0.15, 0.2) is 53.6 Å². The summed E-state index contributed by atoms with van der Waals surface area (Å²) in [7, 11) is 1.48. The quantitative estimate of drug-likeness (QED) is 0.840. The third-order valence-electron chi connectivity index (χ3n) is 3.88. The number of ether oxygens (including phenoxy) is 2. The van der Waals surface area contributed by atoms with Gasteiger partial charge in [-0.15, -0.1) is 0 Å². The number of rotatable bonds is 3. The van der Waals surface area contributed by atoms with Crippen LogP contribution in [-0.4, -0.2) is 31.2 Å². The molecule has 2 aromatic carbocycles. The van der Waals surface area contributed by atoms with Crippen molar-refractivity contribution >= 4 is 29.5 Å². The summed E-state index contributed by atoms with van der Waals surface area (Å²) in [6, 6.07) is 12.3. The van der Waals surface area contributed by atoms with Crippen LogP contribution in [0, 0.1) is 0 Å². The largest absolute Gasteiger partial charge is 0.504 e. The molecule has 0 radical (unpaired) electrons. The van der Waals surface area contributed by atoms with Crippen molar-refractivity contribution in [1.29, 1.82) is 0 Å². The zero-order valence-electron chi connectivity index (χ0n) is 13.7. The van der Waals surface area contributed by atoms with Crippen molar-refractivity contribution in [3.05, 3.63) is 69.8 Å². The molecule has 1 heterocycles. The first kappa shape index (κ1) is 17.3. The summed E-state index contributed by atoms with van der Waals surface area (Å²) in [6.45, 7) is 0.473. The van der Waals surface area contributed by atoms with Gasteiger partial charge < -0.3 is 14.6 Å². The van der Waals surface area contributed by atoms with E-state index in [1.807, 2.05) is 18.2 Å². The summed E-state index contributed by atoms with van der Waals surface area (Å²) in [5.74, 6) is 0.321. The number of phenols is 1. The minimum absolute atomic E-state index is 0.0212. The maximum Gasteiger partial charge on any atom is 0.189 e. The topological polar surface area (TPSA) is 55.8 Å². The van der Waals surface area contributed by atoms with Crippen LogP contribution in [0.25, 0.3) is 12.2 Å². The van der Waals surface area contributed by atoms with E-state index in [1.54, 1.807) is 36.4 Å². The molecule has 2 aromatic rings. The summed E-state index contributed by atoms with van der Waals surface area (Å²) in [5, 5.41) is 10.5. The van der Waals surface area contributed by atoms with Crippen LogP contribution in [0.2, 0.25) is 5.02 Å². The molecule has 0 atom stereocenters. The molecular weight excluding hydrogens is 340 g/mol. The van der Waals surface area contributed by atoms with Gasteiger partial charge in [-0.1, -0.05) is 35.9 Å². The van der Waals surface area contributed by atoms with E-state index >= 15 is 0 Å². The molecule has 1 N–H and O–H groups in total. The van der Waals surface area contributed by atoms with Crippen LogP contribution >= 0.6 is 11.6 Å². The molecule has 5 heteroatoms. The van der Waals surface area contributed by atoms with Crippen molar-refractivity contribution in [3.63, 3.8) is 0 Å². The fourth-order valence-corrected chi connectivity index (χ4v) is 2.79. The Morgan fingerprint density at radius 3 is 2.52 bits per heavy atom. The number of benzene rings is 2. The number of Topliss-reactive ketones (excluding diaryl/α,β-unsaturated/α-hetero) is 1. The van der Waals surface area contributed by atoms with Gasteiger partial charge in [0.25, 0.3) is 0 Å². The first-order chi connectivity index (χ1) is 12.1. The zero-order chi connectivity index (χ0) is 17.8. The van der Waals surface area contributed by atoms with Gasteiger partial charge in [0.2, 0.25) is 0 Å². The third-order valence-corrected chi connectivity index (χ3v) is 4.22. The van der Waals surface area contributed by atoms with Gasteiger partial charge in [-0.2, -0.15) is 0 Å². The number of hydrogen-bond donors (Lipinski definition) is 1. The molecule has 25 heavy (non-hydrogen) atoms. The molecule has 1 aliphatic rings. The number of ketones is 1. The van der Waals surface area contributed by atoms with Crippen LogP contribution < -0.4 is 4.74 Å². The highest BCUT2D eigenvalue weighted by molar-refractivity contribution is 6.32. The number of carbonyl (C=O) groups is 1. The molecule has 4 nitrogen and oxygen atoms in total. The average molecular weight is 357 g/mol. The molecule has 0 unspecified atom stereocenters. The van der Waals surface area contributed by atoms with E-state index in [9.17, 15) is 9.90 Å². The van der Waals surface area contributed by atoms with E-state index in [-0.39, 0.29) is 24.7 Å². The van der Waals surface area contributed by atoms with Crippen LogP contribution in [-0.2, 0) is 9.53 Å². The predicted octanol–water partition coefficient (Wildman–Crippen LogP) is 4.12. The van der Waals surface area contributed by atoms with Gasteiger partial charge in [0, 0.05) is 16.2 Å². The standard InChI is InChI=1S/C20H17ClO4/c1-24-19-7-6-13(9-18(19)22)8-15-11-25-12-16(20(15)23)10-14-4-2-3-5-17(14)21/h2-10,22H,11-12H2,1H3/b15-8+,16-10+. The molecule has 0 saturated carbocycles. The van der Waals surface area contributed by atoms with Crippen molar-refractivity contribution in [3.8, 4) is 11.5 Å². The maximum atomic E-state index is 12.7. The molecular formula is C20H17ClO4. The number of carbonyl (C=O) groups excluding carboxylic acids is 1. The van der Waals surface area contributed by atoms with Crippen molar-refractivity contribution < 1.29 is 19.4 Å². The maximum absolute atomic E-state index is 12.7. The molecule has 0 bridgehead atoms. The van der Waals surface area contributed by atoms with Crippen LogP contribution in [0.4, 0.5) is 0 Å². The van der Waals surface area contributed by atoms with E-state index in [0.717, 1.165) is 5.56 Å². The van der Waals surface area contributed by atoms with Crippen molar-refractivity contribution in [2.45, 2.75) is 0 Å². The number of halogens is 1. The molecule has 1 aliphatic heterocycles. The van der Waals surface area contributed by atoms with Crippen LogP contribution in [0.3, 0.4) is 0 Å². The molecule has 3 rings (SSSR count). The molecule has 1 saturated heterocycles. The monoisotopic (exact) mass is 356 g/mol. The van der Waals surface area contributed by atoms with Crippen molar-refractivity contribution in [2.75, 3.05) is 20.3 Å². The average Bonchev–Trinajstić information content (AvgIpc) is 2.60. The number of phenolic OH excluding ortho intramolecular Hbond substituents is 1. The van der Waals surface area contributed by atoms with Gasteiger partial charge >= 0.3 is 0 Å². The second kappa shape index (κ2) is 7.55.